The van der Waals surface area contributed by atoms with Crippen LogP contribution < -0.4 is 0 Å². The minimum Gasteiger partial charge on any atom is -0.462 e. The number of hydrogen-bond donors (Lipinski definition) is 7. The first-order valence-electron chi connectivity index (χ1n) is 30.2. The molecule has 0 aromatic heterocycles. The quantitative estimate of drug-likeness (QED) is 0.0171. The molecule has 2 rings (SSSR count). The number of aliphatic hydroxyl groups is 7. The fourth-order valence-corrected chi connectivity index (χ4v) is 9.39. The average molecular weight is 1080 g/mol. The van der Waals surface area contributed by atoms with Crippen molar-refractivity contribution in [1.29, 1.82) is 0 Å². The molecular formula is C61H108O15. The highest BCUT2D eigenvalue weighted by atomic mass is 16.7. The molecule has 0 amide bonds. The summed E-state index contributed by atoms with van der Waals surface area (Å²) in [6, 6.07) is 0. The fourth-order valence-electron chi connectivity index (χ4n) is 9.39. The molecule has 0 aromatic carbocycles. The van der Waals surface area contributed by atoms with Crippen molar-refractivity contribution in [2.24, 2.45) is 0 Å². The number of rotatable bonds is 48. The summed E-state index contributed by atoms with van der Waals surface area (Å²) in [5.41, 5.74) is 0. The third-order valence-electron chi connectivity index (χ3n) is 14.3. The van der Waals surface area contributed by atoms with E-state index < -0.39 is 99.3 Å². The van der Waals surface area contributed by atoms with E-state index in [-0.39, 0.29) is 19.4 Å². The summed E-state index contributed by atoms with van der Waals surface area (Å²) in [5.74, 6) is -0.981. The Morgan fingerprint density at radius 3 is 1.28 bits per heavy atom. The van der Waals surface area contributed by atoms with Gasteiger partial charge in [0.05, 0.1) is 19.8 Å². The summed E-state index contributed by atoms with van der Waals surface area (Å²) in [6.07, 6.45) is 38.5. The van der Waals surface area contributed by atoms with Crippen LogP contribution in [0, 0.1) is 0 Å². The van der Waals surface area contributed by atoms with E-state index in [1.165, 1.54) is 141 Å². The summed E-state index contributed by atoms with van der Waals surface area (Å²) in [6.45, 7) is 2.57. The van der Waals surface area contributed by atoms with Crippen LogP contribution in [-0.2, 0) is 38.0 Å². The molecule has 76 heavy (non-hydrogen) atoms. The second-order valence-corrected chi connectivity index (χ2v) is 21.2. The predicted octanol–water partition coefficient (Wildman–Crippen LogP) is 10.6. The lowest BCUT2D eigenvalue weighted by molar-refractivity contribution is -0.332. The van der Waals surface area contributed by atoms with Crippen molar-refractivity contribution in [3.05, 3.63) is 48.6 Å². The molecule has 0 aromatic rings. The zero-order chi connectivity index (χ0) is 55.3. The van der Waals surface area contributed by atoms with E-state index in [0.717, 1.165) is 44.9 Å². The highest BCUT2D eigenvalue weighted by Crippen LogP contribution is 2.27. The zero-order valence-electron chi connectivity index (χ0n) is 47.2. The molecule has 2 aliphatic heterocycles. The van der Waals surface area contributed by atoms with Gasteiger partial charge in [-0.15, -0.1) is 0 Å². The van der Waals surface area contributed by atoms with Gasteiger partial charge in [-0.05, 0) is 51.4 Å². The molecule has 2 heterocycles. The highest BCUT2D eigenvalue weighted by Gasteiger charge is 2.47. The molecule has 2 aliphatic rings. The minimum atomic E-state index is -1.78. The molecule has 0 saturated carbocycles. The Labute approximate surface area is 458 Å². The Bertz CT molecular complexity index is 1500. The smallest absolute Gasteiger partial charge is 0.306 e. The van der Waals surface area contributed by atoms with Crippen LogP contribution in [0.5, 0.6) is 0 Å². The van der Waals surface area contributed by atoms with Gasteiger partial charge in [-0.1, -0.05) is 217 Å². The van der Waals surface area contributed by atoms with Crippen molar-refractivity contribution in [2.75, 3.05) is 26.4 Å². The number of aliphatic hydroxyl groups excluding tert-OH is 7. The van der Waals surface area contributed by atoms with E-state index in [1.54, 1.807) is 0 Å². The van der Waals surface area contributed by atoms with Gasteiger partial charge in [0.1, 0.15) is 55.4 Å². The molecule has 442 valence electrons. The van der Waals surface area contributed by atoms with Gasteiger partial charge in [0.15, 0.2) is 18.7 Å². The molecule has 0 aliphatic carbocycles. The number of esters is 2. The maximum absolute atomic E-state index is 13.1. The van der Waals surface area contributed by atoms with Gasteiger partial charge in [-0.2, -0.15) is 0 Å². The number of carbonyl (C=O) groups excluding carboxylic acids is 2. The van der Waals surface area contributed by atoms with Gasteiger partial charge in [0, 0.05) is 12.8 Å². The van der Waals surface area contributed by atoms with E-state index in [4.69, 9.17) is 28.4 Å². The largest absolute Gasteiger partial charge is 0.462 e. The van der Waals surface area contributed by atoms with E-state index >= 15 is 0 Å². The molecule has 7 N–H and O–H groups in total. The maximum Gasteiger partial charge on any atom is 0.306 e. The normalized spacial score (nSPS) is 24.6. The van der Waals surface area contributed by atoms with Crippen molar-refractivity contribution in [2.45, 2.75) is 300 Å². The first-order chi connectivity index (χ1) is 37.0. The van der Waals surface area contributed by atoms with Gasteiger partial charge < -0.3 is 64.2 Å². The van der Waals surface area contributed by atoms with Crippen molar-refractivity contribution in [3.63, 3.8) is 0 Å². The van der Waals surface area contributed by atoms with Crippen molar-refractivity contribution in [1.82, 2.24) is 0 Å². The van der Waals surface area contributed by atoms with Crippen LogP contribution >= 0.6 is 0 Å². The highest BCUT2D eigenvalue weighted by molar-refractivity contribution is 5.70. The first-order valence-corrected chi connectivity index (χ1v) is 30.2. The van der Waals surface area contributed by atoms with Crippen LogP contribution in [0.3, 0.4) is 0 Å². The summed E-state index contributed by atoms with van der Waals surface area (Å²) in [5, 5.41) is 72.3. The lowest BCUT2D eigenvalue weighted by atomic mass is 9.98. The first kappa shape index (κ1) is 69.6. The number of allylic oxidation sites excluding steroid dienone is 8. The predicted molar refractivity (Wildman–Crippen MR) is 298 cm³/mol. The number of unbranched alkanes of at least 4 members (excludes halogenated alkanes) is 26. The minimum absolute atomic E-state index is 0.0904. The summed E-state index contributed by atoms with van der Waals surface area (Å²) in [7, 11) is 0. The summed E-state index contributed by atoms with van der Waals surface area (Å²) < 4.78 is 33.7. The van der Waals surface area contributed by atoms with Crippen LogP contribution in [0.25, 0.3) is 0 Å². The zero-order valence-corrected chi connectivity index (χ0v) is 47.2. The molecule has 0 bridgehead atoms. The van der Waals surface area contributed by atoms with Crippen LogP contribution in [-0.4, -0.2) is 142 Å². The number of carbonyl (C=O) groups is 2. The van der Waals surface area contributed by atoms with Crippen LogP contribution in [0.15, 0.2) is 48.6 Å². The van der Waals surface area contributed by atoms with E-state index in [0.29, 0.717) is 19.3 Å². The molecule has 15 nitrogen and oxygen atoms in total. The van der Waals surface area contributed by atoms with Gasteiger partial charge in [0.25, 0.3) is 0 Å². The molecule has 4 unspecified atom stereocenters. The third kappa shape index (κ3) is 33.8. The van der Waals surface area contributed by atoms with Crippen LogP contribution in [0.1, 0.15) is 232 Å². The fraction of sp³-hybridized carbons (Fsp3) is 0.836. The van der Waals surface area contributed by atoms with E-state index in [9.17, 15) is 45.3 Å². The lowest BCUT2D eigenvalue weighted by Gasteiger charge is -2.42. The standard InChI is InChI=1S/C61H108O15/c1-3-5-7-9-11-13-15-17-19-21-23-24-26-28-30-32-34-36-38-40-42-44-53(64)74-49(46-71-52(63)43-41-39-37-35-33-31-29-27-25-22-20-18-16-14-12-10-8-6-4-2)47-72-60-59(70)57(68)55(66)51(76-60)48-73-61-58(69)56(67)54(65)50(45-62)75-61/h19,21,24,26,30,32,36,38,49-51,54-62,65-70H,3-18,20,22-23,25,27-29,31,33-35,37,39-48H2,1-2H3/b21-19+,26-24+,32-30+,38-36+/t49-,50+,51+,54-,55-,56?,57?,58?,59?,60+,61+/m1/s1. The Kier molecular flexibility index (Phi) is 43.3. The molecule has 2 fully saturated rings. The van der Waals surface area contributed by atoms with Crippen molar-refractivity contribution in [3.8, 4) is 0 Å². The van der Waals surface area contributed by atoms with Crippen molar-refractivity contribution < 1.29 is 73.8 Å². The Morgan fingerprint density at radius 1 is 0.421 bits per heavy atom. The summed E-state index contributed by atoms with van der Waals surface area (Å²) in [4.78, 5) is 25.9. The Balaban J connectivity index is 1.77. The SMILES string of the molecule is CCCCCCCCC/C=C/C/C=C/C/C=C/C/C=C/CCCC(=O)O[C@H](COC(=O)CCCCCCCCCCCCCCCCCCCCC)CO[C@H]1O[C@@H](CO[C@H]2O[C@@H](CO)[C@@H](O)C(O)C2O)[C@@H](O)C(O)C1O. The van der Waals surface area contributed by atoms with E-state index in [2.05, 4.69) is 56.4 Å². The lowest BCUT2D eigenvalue weighted by Crippen LogP contribution is -2.61. The number of ether oxygens (including phenoxy) is 6. The second kappa shape index (κ2) is 47.3. The maximum atomic E-state index is 13.1. The topological polar surface area (TPSA) is 231 Å². The van der Waals surface area contributed by atoms with Crippen LogP contribution in [0.2, 0.25) is 0 Å². The molecular weight excluding hydrogens is 973 g/mol. The van der Waals surface area contributed by atoms with Crippen LogP contribution in [0.4, 0.5) is 0 Å². The molecule has 2 saturated heterocycles. The van der Waals surface area contributed by atoms with E-state index in [1.807, 2.05) is 6.08 Å². The molecule has 0 spiro atoms. The molecule has 15 heteroatoms. The van der Waals surface area contributed by atoms with Gasteiger partial charge in [-0.25, -0.2) is 0 Å². The third-order valence-corrected chi connectivity index (χ3v) is 14.3. The summed E-state index contributed by atoms with van der Waals surface area (Å²) >= 11 is 0. The molecule has 0 radical (unpaired) electrons. The molecule has 11 atom stereocenters. The second-order valence-electron chi connectivity index (χ2n) is 21.2. The number of hydrogen-bond acceptors (Lipinski definition) is 15. The van der Waals surface area contributed by atoms with Gasteiger partial charge in [0.2, 0.25) is 0 Å². The Hall–Kier alpha value is -2.54. The monoisotopic (exact) mass is 1080 g/mol. The van der Waals surface area contributed by atoms with Crippen molar-refractivity contribution >= 4 is 11.9 Å². The average Bonchev–Trinajstić information content (AvgIpc) is 3.41. The van der Waals surface area contributed by atoms with Gasteiger partial charge in [-0.3, -0.25) is 9.59 Å². The Morgan fingerprint density at radius 2 is 0.803 bits per heavy atom. The van der Waals surface area contributed by atoms with Gasteiger partial charge >= 0.3 is 11.9 Å².